The molecule has 1 aromatic rings. The van der Waals surface area contributed by atoms with Gasteiger partial charge in [-0.05, 0) is 36.1 Å². The number of nitrogens with one attached hydrogen (secondary N) is 2. The molecule has 0 spiro atoms. The van der Waals surface area contributed by atoms with E-state index in [0.717, 1.165) is 24.2 Å². The minimum atomic E-state index is 0.00544. The van der Waals surface area contributed by atoms with Gasteiger partial charge in [-0.15, -0.1) is 0 Å². The SMILES string of the molecule is CC1CC(=O)NN=C1c1ccc2c(c1)CCCN2. The highest BCUT2D eigenvalue weighted by Gasteiger charge is 2.22. The Balaban J connectivity index is 1.95. The summed E-state index contributed by atoms with van der Waals surface area (Å²) in [5.41, 5.74) is 7.28. The molecule has 1 atom stereocenters. The standard InChI is InChI=1S/C14H17N3O/c1-9-7-13(18)16-17-14(9)11-4-5-12-10(8-11)3-2-6-15-12/h4-5,8-9,15H,2-3,6-7H2,1H3,(H,16,18). The van der Waals surface area contributed by atoms with Gasteiger partial charge >= 0.3 is 0 Å². The highest BCUT2D eigenvalue weighted by molar-refractivity contribution is 6.06. The van der Waals surface area contributed by atoms with E-state index in [1.807, 2.05) is 0 Å². The van der Waals surface area contributed by atoms with Gasteiger partial charge in [-0.1, -0.05) is 13.0 Å². The van der Waals surface area contributed by atoms with Gasteiger partial charge in [0.05, 0.1) is 5.71 Å². The van der Waals surface area contributed by atoms with Crippen molar-refractivity contribution in [3.05, 3.63) is 29.3 Å². The number of carbonyl (C=O) groups is 1. The Morgan fingerprint density at radius 3 is 3.11 bits per heavy atom. The van der Waals surface area contributed by atoms with Crippen LogP contribution in [0.3, 0.4) is 0 Å². The number of aryl methyl sites for hydroxylation is 1. The molecule has 1 unspecified atom stereocenters. The lowest BCUT2D eigenvalue weighted by atomic mass is 9.91. The number of carbonyl (C=O) groups excluding carboxylic acids is 1. The number of hydrogen-bond donors (Lipinski definition) is 2. The van der Waals surface area contributed by atoms with Crippen LogP contribution in [0.5, 0.6) is 0 Å². The van der Waals surface area contributed by atoms with E-state index in [4.69, 9.17) is 0 Å². The quantitative estimate of drug-likeness (QED) is 0.791. The Morgan fingerprint density at radius 2 is 2.28 bits per heavy atom. The van der Waals surface area contributed by atoms with Gasteiger partial charge in [0.1, 0.15) is 0 Å². The first-order chi connectivity index (χ1) is 8.74. The summed E-state index contributed by atoms with van der Waals surface area (Å²) in [6, 6.07) is 6.41. The molecule has 1 amide bonds. The zero-order chi connectivity index (χ0) is 12.5. The van der Waals surface area contributed by atoms with Gasteiger partial charge in [-0.2, -0.15) is 5.10 Å². The van der Waals surface area contributed by atoms with E-state index in [1.54, 1.807) is 0 Å². The fourth-order valence-electron chi connectivity index (χ4n) is 2.64. The summed E-state index contributed by atoms with van der Waals surface area (Å²) in [5.74, 6) is 0.194. The highest BCUT2D eigenvalue weighted by Crippen LogP contribution is 2.25. The molecule has 2 N–H and O–H groups in total. The lowest BCUT2D eigenvalue weighted by Crippen LogP contribution is -2.32. The molecule has 2 heterocycles. The number of amides is 1. The molecule has 0 radical (unpaired) electrons. The molecular weight excluding hydrogens is 226 g/mol. The predicted octanol–water partition coefficient (Wildman–Crippen LogP) is 1.90. The minimum Gasteiger partial charge on any atom is -0.385 e. The maximum atomic E-state index is 11.3. The van der Waals surface area contributed by atoms with E-state index in [2.05, 4.69) is 41.0 Å². The van der Waals surface area contributed by atoms with Crippen LogP contribution in [-0.4, -0.2) is 18.2 Å². The lowest BCUT2D eigenvalue weighted by Gasteiger charge is -2.22. The Kier molecular flexibility index (Phi) is 2.78. The maximum absolute atomic E-state index is 11.3. The number of nitrogens with zero attached hydrogens (tertiary/aromatic N) is 1. The van der Waals surface area contributed by atoms with E-state index in [1.165, 1.54) is 17.7 Å². The fourth-order valence-corrected chi connectivity index (χ4v) is 2.64. The van der Waals surface area contributed by atoms with Gasteiger partial charge in [0.25, 0.3) is 0 Å². The van der Waals surface area contributed by atoms with Crippen molar-refractivity contribution in [3.8, 4) is 0 Å². The molecule has 0 bridgehead atoms. The normalized spacial score (nSPS) is 22.6. The third-order valence-electron chi connectivity index (χ3n) is 3.60. The Morgan fingerprint density at radius 1 is 1.39 bits per heavy atom. The second-order valence-electron chi connectivity index (χ2n) is 5.04. The van der Waals surface area contributed by atoms with Crippen LogP contribution in [0, 0.1) is 5.92 Å². The van der Waals surface area contributed by atoms with Gasteiger partial charge in [0.2, 0.25) is 5.91 Å². The summed E-state index contributed by atoms with van der Waals surface area (Å²) in [7, 11) is 0. The molecule has 0 aromatic heterocycles. The molecular formula is C14H17N3O. The molecule has 18 heavy (non-hydrogen) atoms. The van der Waals surface area contributed by atoms with Crippen LogP contribution in [0.25, 0.3) is 0 Å². The molecule has 0 aliphatic carbocycles. The van der Waals surface area contributed by atoms with E-state index in [-0.39, 0.29) is 11.8 Å². The summed E-state index contributed by atoms with van der Waals surface area (Å²) in [5, 5.41) is 7.61. The van der Waals surface area contributed by atoms with Crippen LogP contribution in [0.1, 0.15) is 30.9 Å². The van der Waals surface area contributed by atoms with Crippen molar-refractivity contribution >= 4 is 17.3 Å². The number of hydrogen-bond acceptors (Lipinski definition) is 3. The molecule has 94 valence electrons. The molecule has 0 saturated carbocycles. The Hall–Kier alpha value is -1.84. The fraction of sp³-hybridized carbons (Fsp3) is 0.429. The van der Waals surface area contributed by atoms with Crippen LogP contribution in [0.15, 0.2) is 23.3 Å². The number of benzene rings is 1. The second kappa shape index (κ2) is 4.44. The van der Waals surface area contributed by atoms with Crippen molar-refractivity contribution in [2.75, 3.05) is 11.9 Å². The number of fused-ring (bicyclic) bond motifs is 1. The summed E-state index contributed by atoms with van der Waals surface area (Å²) < 4.78 is 0. The third-order valence-corrected chi connectivity index (χ3v) is 3.60. The number of hydrazone groups is 1. The van der Waals surface area contributed by atoms with Gasteiger partial charge in [0.15, 0.2) is 0 Å². The van der Waals surface area contributed by atoms with Crippen molar-refractivity contribution in [2.45, 2.75) is 26.2 Å². The zero-order valence-electron chi connectivity index (χ0n) is 10.5. The smallest absolute Gasteiger partial charge is 0.240 e. The van der Waals surface area contributed by atoms with Crippen molar-refractivity contribution in [3.63, 3.8) is 0 Å². The molecule has 0 saturated heterocycles. The van der Waals surface area contributed by atoms with Gasteiger partial charge in [-0.25, -0.2) is 5.43 Å². The summed E-state index contributed by atoms with van der Waals surface area (Å²) >= 11 is 0. The average molecular weight is 243 g/mol. The third kappa shape index (κ3) is 1.98. The zero-order valence-corrected chi connectivity index (χ0v) is 10.5. The van der Waals surface area contributed by atoms with Crippen molar-refractivity contribution in [1.82, 2.24) is 5.43 Å². The highest BCUT2D eigenvalue weighted by atomic mass is 16.2. The second-order valence-corrected chi connectivity index (χ2v) is 5.04. The first-order valence-corrected chi connectivity index (χ1v) is 6.47. The first kappa shape index (κ1) is 11.3. The van der Waals surface area contributed by atoms with Gasteiger partial charge in [0, 0.05) is 24.6 Å². The Labute approximate surface area is 106 Å². The molecule has 2 aliphatic heterocycles. The van der Waals surface area contributed by atoms with Crippen molar-refractivity contribution in [1.29, 1.82) is 0 Å². The largest absolute Gasteiger partial charge is 0.385 e. The topological polar surface area (TPSA) is 53.5 Å². The van der Waals surface area contributed by atoms with Gasteiger partial charge in [-0.3, -0.25) is 4.79 Å². The predicted molar refractivity (Wildman–Crippen MR) is 71.7 cm³/mol. The van der Waals surface area contributed by atoms with Crippen LogP contribution >= 0.6 is 0 Å². The van der Waals surface area contributed by atoms with Crippen LogP contribution in [-0.2, 0) is 11.2 Å². The maximum Gasteiger partial charge on any atom is 0.240 e. The van der Waals surface area contributed by atoms with Crippen LogP contribution in [0.2, 0.25) is 0 Å². The first-order valence-electron chi connectivity index (χ1n) is 6.47. The van der Waals surface area contributed by atoms with E-state index in [9.17, 15) is 4.79 Å². The van der Waals surface area contributed by atoms with E-state index < -0.39 is 0 Å². The molecule has 4 nitrogen and oxygen atoms in total. The van der Waals surface area contributed by atoms with Crippen LogP contribution in [0.4, 0.5) is 5.69 Å². The molecule has 0 fully saturated rings. The van der Waals surface area contributed by atoms with Gasteiger partial charge < -0.3 is 5.32 Å². The Bertz CT molecular complexity index is 522. The summed E-state index contributed by atoms with van der Waals surface area (Å²) in [4.78, 5) is 11.3. The molecule has 2 aliphatic rings. The van der Waals surface area contributed by atoms with Crippen molar-refractivity contribution < 1.29 is 4.79 Å². The molecule has 3 rings (SSSR count). The monoisotopic (exact) mass is 243 g/mol. The summed E-state index contributed by atoms with van der Waals surface area (Å²) in [6.45, 7) is 3.11. The number of anilines is 1. The van der Waals surface area contributed by atoms with E-state index in [0.29, 0.717) is 6.42 Å². The molecule has 1 aromatic carbocycles. The average Bonchev–Trinajstić information content (AvgIpc) is 2.38. The van der Waals surface area contributed by atoms with Crippen LogP contribution < -0.4 is 10.7 Å². The summed E-state index contributed by atoms with van der Waals surface area (Å²) in [6.07, 6.45) is 2.81. The lowest BCUT2D eigenvalue weighted by molar-refractivity contribution is -0.121. The minimum absolute atomic E-state index is 0.00544. The number of rotatable bonds is 1. The van der Waals surface area contributed by atoms with Crippen molar-refractivity contribution in [2.24, 2.45) is 11.0 Å². The van der Waals surface area contributed by atoms with E-state index >= 15 is 0 Å². The molecule has 4 heteroatoms.